The van der Waals surface area contributed by atoms with Crippen LogP contribution in [0.2, 0.25) is 10.0 Å². The van der Waals surface area contributed by atoms with E-state index in [1.807, 2.05) is 12.1 Å². The molecule has 1 aliphatic rings. The van der Waals surface area contributed by atoms with Gasteiger partial charge in [0.25, 0.3) is 0 Å². The number of benzene rings is 1. The highest BCUT2D eigenvalue weighted by Gasteiger charge is 2.26. The molecule has 0 saturated heterocycles. The fraction of sp³-hybridized carbons (Fsp3) is 0.600. The molecule has 0 heterocycles. The van der Waals surface area contributed by atoms with Crippen LogP contribution in [0.4, 0.5) is 0 Å². The van der Waals surface area contributed by atoms with Crippen molar-refractivity contribution < 1.29 is 5.11 Å². The maximum atomic E-state index is 9.49. The van der Waals surface area contributed by atoms with E-state index < -0.39 is 0 Å². The molecule has 0 bridgehead atoms. The molecule has 5 heteroatoms. The van der Waals surface area contributed by atoms with Crippen molar-refractivity contribution in [3.63, 3.8) is 0 Å². The van der Waals surface area contributed by atoms with Gasteiger partial charge in [-0.05, 0) is 42.5 Å². The second-order valence-electron chi connectivity index (χ2n) is 5.49. The quantitative estimate of drug-likeness (QED) is 0.782. The van der Waals surface area contributed by atoms with E-state index in [1.165, 1.54) is 12.8 Å². The molecule has 0 aliphatic heterocycles. The van der Waals surface area contributed by atoms with E-state index in [-0.39, 0.29) is 12.6 Å². The topological polar surface area (TPSA) is 58.3 Å². The SMILES string of the molecule is NCC(NC1CCCCC1CO)c1cc(Cl)cc(Cl)c1. The fourth-order valence-corrected chi connectivity index (χ4v) is 3.52. The van der Waals surface area contributed by atoms with Crippen LogP contribution in [0, 0.1) is 5.92 Å². The van der Waals surface area contributed by atoms with Crippen molar-refractivity contribution in [3.05, 3.63) is 33.8 Å². The van der Waals surface area contributed by atoms with Crippen LogP contribution in [0.3, 0.4) is 0 Å². The van der Waals surface area contributed by atoms with E-state index in [2.05, 4.69) is 5.32 Å². The minimum absolute atomic E-state index is 0.0170. The van der Waals surface area contributed by atoms with Gasteiger partial charge in [0, 0.05) is 35.3 Å². The first-order valence-corrected chi connectivity index (χ1v) is 7.92. The van der Waals surface area contributed by atoms with Gasteiger partial charge in [-0.1, -0.05) is 36.0 Å². The minimum Gasteiger partial charge on any atom is -0.396 e. The Morgan fingerprint density at radius 2 is 1.85 bits per heavy atom. The molecule has 1 aliphatic carbocycles. The summed E-state index contributed by atoms with van der Waals surface area (Å²) >= 11 is 12.1. The summed E-state index contributed by atoms with van der Waals surface area (Å²) in [5.74, 6) is 0.312. The molecule has 3 atom stereocenters. The van der Waals surface area contributed by atoms with Crippen LogP contribution in [0.5, 0.6) is 0 Å². The molecule has 0 spiro atoms. The Morgan fingerprint density at radius 1 is 1.20 bits per heavy atom. The van der Waals surface area contributed by atoms with Crippen molar-refractivity contribution in [3.8, 4) is 0 Å². The molecule has 2 rings (SSSR count). The predicted octanol–water partition coefficient (Wildman–Crippen LogP) is 3.13. The summed E-state index contributed by atoms with van der Waals surface area (Å²) in [6.07, 6.45) is 4.54. The number of nitrogens with one attached hydrogen (secondary N) is 1. The summed E-state index contributed by atoms with van der Waals surface area (Å²) in [4.78, 5) is 0. The van der Waals surface area contributed by atoms with Gasteiger partial charge in [-0.2, -0.15) is 0 Å². The van der Waals surface area contributed by atoms with Gasteiger partial charge in [0.05, 0.1) is 0 Å². The Kier molecular flexibility index (Phi) is 6.12. The molecule has 1 fully saturated rings. The molecule has 3 nitrogen and oxygen atoms in total. The van der Waals surface area contributed by atoms with Crippen LogP contribution in [-0.2, 0) is 0 Å². The molecule has 1 aromatic carbocycles. The first kappa shape index (κ1) is 16.1. The summed E-state index contributed by atoms with van der Waals surface area (Å²) in [5.41, 5.74) is 6.90. The van der Waals surface area contributed by atoms with Crippen molar-refractivity contribution in [1.29, 1.82) is 0 Å². The Bertz CT molecular complexity index is 422. The Hall–Kier alpha value is -0.320. The van der Waals surface area contributed by atoms with E-state index in [4.69, 9.17) is 28.9 Å². The number of halogens is 2. The number of nitrogens with two attached hydrogens (primary N) is 1. The molecule has 112 valence electrons. The van der Waals surface area contributed by atoms with Gasteiger partial charge in [-0.15, -0.1) is 0 Å². The third-order valence-corrected chi connectivity index (χ3v) is 4.52. The van der Waals surface area contributed by atoms with Gasteiger partial charge in [0.1, 0.15) is 0 Å². The van der Waals surface area contributed by atoms with Crippen molar-refractivity contribution in [1.82, 2.24) is 5.32 Å². The third kappa shape index (κ3) is 4.09. The lowest BCUT2D eigenvalue weighted by atomic mass is 9.84. The van der Waals surface area contributed by atoms with Crippen molar-refractivity contribution in [2.75, 3.05) is 13.2 Å². The molecule has 0 aromatic heterocycles. The van der Waals surface area contributed by atoms with E-state index in [0.29, 0.717) is 28.5 Å². The van der Waals surface area contributed by atoms with Crippen molar-refractivity contribution >= 4 is 23.2 Å². The van der Waals surface area contributed by atoms with Crippen LogP contribution in [0.15, 0.2) is 18.2 Å². The van der Waals surface area contributed by atoms with Crippen LogP contribution in [0.25, 0.3) is 0 Å². The van der Waals surface area contributed by atoms with Gasteiger partial charge in [0.2, 0.25) is 0 Å². The molecule has 20 heavy (non-hydrogen) atoms. The van der Waals surface area contributed by atoms with Crippen LogP contribution in [-0.4, -0.2) is 24.3 Å². The largest absolute Gasteiger partial charge is 0.396 e. The number of aliphatic hydroxyl groups excluding tert-OH is 1. The first-order valence-electron chi connectivity index (χ1n) is 7.17. The van der Waals surface area contributed by atoms with Crippen LogP contribution >= 0.6 is 23.2 Å². The third-order valence-electron chi connectivity index (χ3n) is 4.08. The van der Waals surface area contributed by atoms with Gasteiger partial charge < -0.3 is 16.2 Å². The summed E-state index contributed by atoms with van der Waals surface area (Å²) in [6.45, 7) is 0.705. The molecular formula is C15H22Cl2N2O. The van der Waals surface area contributed by atoms with Crippen molar-refractivity contribution in [2.45, 2.75) is 37.8 Å². The average molecular weight is 317 g/mol. The van der Waals surface area contributed by atoms with Crippen molar-refractivity contribution in [2.24, 2.45) is 11.7 Å². The first-order chi connectivity index (χ1) is 9.63. The van der Waals surface area contributed by atoms with Crippen LogP contribution in [0.1, 0.15) is 37.3 Å². The number of rotatable bonds is 5. The Morgan fingerprint density at radius 3 is 2.45 bits per heavy atom. The van der Waals surface area contributed by atoms with E-state index in [9.17, 15) is 5.11 Å². The monoisotopic (exact) mass is 316 g/mol. The zero-order chi connectivity index (χ0) is 14.5. The normalized spacial score (nSPS) is 24.6. The smallest absolute Gasteiger partial charge is 0.0474 e. The summed E-state index contributed by atoms with van der Waals surface area (Å²) in [7, 11) is 0. The summed E-state index contributed by atoms with van der Waals surface area (Å²) < 4.78 is 0. The standard InChI is InChI=1S/C15H22Cl2N2O/c16-12-5-11(6-13(17)7-12)15(8-18)19-14-4-2-1-3-10(14)9-20/h5-7,10,14-15,19-20H,1-4,8-9,18H2. The second-order valence-corrected chi connectivity index (χ2v) is 6.36. The lowest BCUT2D eigenvalue weighted by Gasteiger charge is -2.34. The highest BCUT2D eigenvalue weighted by molar-refractivity contribution is 6.34. The molecular weight excluding hydrogens is 295 g/mol. The van der Waals surface area contributed by atoms with E-state index >= 15 is 0 Å². The maximum Gasteiger partial charge on any atom is 0.0474 e. The van der Waals surface area contributed by atoms with E-state index in [1.54, 1.807) is 6.07 Å². The van der Waals surface area contributed by atoms with Gasteiger partial charge >= 0.3 is 0 Å². The Labute approximate surface area is 130 Å². The number of hydrogen-bond donors (Lipinski definition) is 3. The molecule has 1 saturated carbocycles. The molecule has 4 N–H and O–H groups in total. The molecule has 0 radical (unpaired) electrons. The van der Waals surface area contributed by atoms with Gasteiger partial charge in [-0.25, -0.2) is 0 Å². The molecule has 3 unspecified atom stereocenters. The lowest BCUT2D eigenvalue weighted by Crippen LogP contribution is -2.44. The average Bonchev–Trinajstić information content (AvgIpc) is 2.44. The highest BCUT2D eigenvalue weighted by Crippen LogP contribution is 2.28. The predicted molar refractivity (Wildman–Crippen MR) is 84.2 cm³/mol. The summed E-state index contributed by atoms with van der Waals surface area (Å²) in [6, 6.07) is 5.84. The minimum atomic E-state index is 0.0170. The van der Waals surface area contributed by atoms with Gasteiger partial charge in [0.15, 0.2) is 0 Å². The van der Waals surface area contributed by atoms with E-state index in [0.717, 1.165) is 18.4 Å². The number of aliphatic hydroxyl groups is 1. The van der Waals surface area contributed by atoms with Gasteiger partial charge in [-0.3, -0.25) is 0 Å². The second kappa shape index (κ2) is 7.62. The molecule has 1 aromatic rings. The maximum absolute atomic E-state index is 9.49. The molecule has 0 amide bonds. The lowest BCUT2D eigenvalue weighted by molar-refractivity contribution is 0.146. The fourth-order valence-electron chi connectivity index (χ4n) is 2.98. The Balaban J connectivity index is 2.11. The highest BCUT2D eigenvalue weighted by atomic mass is 35.5. The van der Waals surface area contributed by atoms with Crippen LogP contribution < -0.4 is 11.1 Å². The summed E-state index contributed by atoms with van der Waals surface area (Å²) in [5, 5.41) is 14.3. The zero-order valence-corrected chi connectivity index (χ0v) is 13.0. The zero-order valence-electron chi connectivity index (χ0n) is 11.5. The number of hydrogen-bond acceptors (Lipinski definition) is 3.